The maximum absolute atomic E-state index is 6.10. The summed E-state index contributed by atoms with van der Waals surface area (Å²) < 4.78 is 1.10. The Kier molecular flexibility index (Phi) is 4.87. The van der Waals surface area contributed by atoms with E-state index >= 15 is 0 Å². The van der Waals surface area contributed by atoms with Crippen molar-refractivity contribution in [3.8, 4) is 11.8 Å². The van der Waals surface area contributed by atoms with Gasteiger partial charge in [0.1, 0.15) is 0 Å². The van der Waals surface area contributed by atoms with Crippen LogP contribution in [0.4, 0.5) is 0 Å². The van der Waals surface area contributed by atoms with Crippen molar-refractivity contribution < 1.29 is 0 Å². The molecule has 1 unspecified atom stereocenters. The van der Waals surface area contributed by atoms with E-state index in [1.165, 1.54) is 11.1 Å². The Morgan fingerprint density at radius 1 is 1.47 bits per heavy atom. The van der Waals surface area contributed by atoms with Gasteiger partial charge in [-0.25, -0.2) is 0 Å². The molecule has 0 radical (unpaired) electrons. The second-order valence-electron chi connectivity index (χ2n) is 3.57. The van der Waals surface area contributed by atoms with Crippen molar-refractivity contribution >= 4 is 15.9 Å². The minimum absolute atomic E-state index is 0.0962. The predicted octanol–water partition coefficient (Wildman–Crippen LogP) is 3.56. The molecular weight excluding hydrogens is 250 g/mol. The molecule has 0 bridgehead atoms. The number of benzene rings is 1. The van der Waals surface area contributed by atoms with Crippen LogP contribution in [0.1, 0.15) is 36.9 Å². The van der Waals surface area contributed by atoms with Crippen molar-refractivity contribution in [1.29, 1.82) is 0 Å². The van der Waals surface area contributed by atoms with E-state index in [2.05, 4.69) is 46.8 Å². The fourth-order valence-corrected chi connectivity index (χ4v) is 2.04. The maximum Gasteiger partial charge on any atom is 0.0306 e. The van der Waals surface area contributed by atoms with Crippen LogP contribution in [0.25, 0.3) is 0 Å². The van der Waals surface area contributed by atoms with E-state index < -0.39 is 0 Å². The number of hydrogen-bond acceptors (Lipinski definition) is 1. The fraction of sp³-hybridized carbons (Fsp3) is 0.385. The third-order valence-electron chi connectivity index (χ3n) is 2.39. The minimum atomic E-state index is 0.0962. The van der Waals surface area contributed by atoms with Crippen LogP contribution in [0.15, 0.2) is 22.7 Å². The van der Waals surface area contributed by atoms with Gasteiger partial charge >= 0.3 is 0 Å². The highest BCUT2D eigenvalue weighted by atomic mass is 79.9. The molecule has 0 spiro atoms. The summed E-state index contributed by atoms with van der Waals surface area (Å²) in [5, 5.41) is 0. The highest BCUT2D eigenvalue weighted by molar-refractivity contribution is 9.10. The molecule has 0 aromatic heterocycles. The van der Waals surface area contributed by atoms with Gasteiger partial charge in [-0.1, -0.05) is 22.0 Å². The topological polar surface area (TPSA) is 26.0 Å². The third kappa shape index (κ3) is 3.70. The average Bonchev–Trinajstić information content (AvgIpc) is 2.17. The number of hydrogen-bond donors (Lipinski definition) is 1. The lowest BCUT2D eigenvalue weighted by Crippen LogP contribution is -2.11. The molecule has 0 aliphatic rings. The first-order valence-corrected chi connectivity index (χ1v) is 5.85. The molecule has 15 heavy (non-hydrogen) atoms. The number of aryl methyl sites for hydroxylation is 1. The Morgan fingerprint density at radius 3 is 2.80 bits per heavy atom. The van der Waals surface area contributed by atoms with E-state index in [4.69, 9.17) is 5.73 Å². The Morgan fingerprint density at radius 2 is 2.20 bits per heavy atom. The summed E-state index contributed by atoms with van der Waals surface area (Å²) in [6.45, 7) is 3.95. The predicted molar refractivity (Wildman–Crippen MR) is 68.5 cm³/mol. The first-order chi connectivity index (χ1) is 7.15. The normalized spacial score (nSPS) is 11.7. The molecule has 0 fully saturated rings. The summed E-state index contributed by atoms with van der Waals surface area (Å²) in [6.07, 6.45) is 1.79. The van der Waals surface area contributed by atoms with Crippen molar-refractivity contribution in [2.75, 3.05) is 0 Å². The van der Waals surface area contributed by atoms with E-state index in [0.29, 0.717) is 0 Å². The van der Waals surface area contributed by atoms with Gasteiger partial charge in [-0.3, -0.25) is 0 Å². The standard InChI is InChI=1S/C13H16BrN/c1-3-4-5-6-13(15)12-8-7-11(14)9-10(12)2/h7-9,13H,5-6,15H2,1-2H3. The van der Waals surface area contributed by atoms with Gasteiger partial charge < -0.3 is 5.73 Å². The summed E-state index contributed by atoms with van der Waals surface area (Å²) in [4.78, 5) is 0. The highest BCUT2D eigenvalue weighted by Crippen LogP contribution is 2.22. The molecule has 1 atom stereocenters. The van der Waals surface area contributed by atoms with Gasteiger partial charge in [-0.2, -0.15) is 0 Å². The lowest BCUT2D eigenvalue weighted by atomic mass is 9.98. The molecule has 2 heteroatoms. The van der Waals surface area contributed by atoms with Gasteiger partial charge in [0.25, 0.3) is 0 Å². The molecule has 1 aromatic rings. The summed E-state index contributed by atoms with van der Waals surface area (Å²) in [7, 11) is 0. The molecule has 1 aromatic carbocycles. The zero-order chi connectivity index (χ0) is 11.3. The molecule has 0 amide bonds. The van der Waals surface area contributed by atoms with Crippen molar-refractivity contribution in [2.45, 2.75) is 32.7 Å². The first kappa shape index (κ1) is 12.3. The van der Waals surface area contributed by atoms with Crippen LogP contribution >= 0.6 is 15.9 Å². The summed E-state index contributed by atoms with van der Waals surface area (Å²) in [6, 6.07) is 6.32. The van der Waals surface area contributed by atoms with Crippen molar-refractivity contribution in [3.05, 3.63) is 33.8 Å². The van der Waals surface area contributed by atoms with E-state index in [1.807, 2.05) is 13.0 Å². The van der Waals surface area contributed by atoms with Crippen LogP contribution in [0.3, 0.4) is 0 Å². The Balaban J connectivity index is 2.71. The van der Waals surface area contributed by atoms with Crippen LogP contribution in [0.5, 0.6) is 0 Å². The Bertz CT molecular complexity index is 387. The largest absolute Gasteiger partial charge is 0.324 e. The SMILES string of the molecule is CC#CCCC(N)c1ccc(Br)cc1C. The van der Waals surface area contributed by atoms with Gasteiger partial charge in [-0.05, 0) is 43.5 Å². The lowest BCUT2D eigenvalue weighted by Gasteiger charge is -2.13. The monoisotopic (exact) mass is 265 g/mol. The van der Waals surface area contributed by atoms with E-state index in [9.17, 15) is 0 Å². The Labute approximate surface area is 100 Å². The van der Waals surface area contributed by atoms with Crippen LogP contribution in [-0.2, 0) is 0 Å². The quantitative estimate of drug-likeness (QED) is 0.832. The average molecular weight is 266 g/mol. The van der Waals surface area contributed by atoms with Crippen molar-refractivity contribution in [1.82, 2.24) is 0 Å². The molecule has 0 heterocycles. The summed E-state index contributed by atoms with van der Waals surface area (Å²) in [5.74, 6) is 5.93. The second kappa shape index (κ2) is 5.95. The van der Waals surface area contributed by atoms with Gasteiger partial charge in [-0.15, -0.1) is 11.8 Å². The van der Waals surface area contributed by atoms with E-state index in [0.717, 1.165) is 17.3 Å². The smallest absolute Gasteiger partial charge is 0.0306 e. The number of halogens is 1. The Hall–Kier alpha value is -0.780. The first-order valence-electron chi connectivity index (χ1n) is 5.06. The molecular formula is C13H16BrN. The number of nitrogens with two attached hydrogens (primary N) is 1. The third-order valence-corrected chi connectivity index (χ3v) is 2.88. The van der Waals surface area contributed by atoms with Crippen LogP contribution in [0.2, 0.25) is 0 Å². The maximum atomic E-state index is 6.10. The van der Waals surface area contributed by atoms with Crippen LogP contribution < -0.4 is 5.73 Å². The molecule has 1 nitrogen and oxygen atoms in total. The van der Waals surface area contributed by atoms with Gasteiger partial charge in [0.05, 0.1) is 0 Å². The van der Waals surface area contributed by atoms with E-state index in [-0.39, 0.29) is 6.04 Å². The lowest BCUT2D eigenvalue weighted by molar-refractivity contribution is 0.663. The number of rotatable bonds is 3. The molecule has 1 rings (SSSR count). The van der Waals surface area contributed by atoms with Crippen LogP contribution in [0, 0.1) is 18.8 Å². The molecule has 80 valence electrons. The van der Waals surface area contributed by atoms with Crippen LogP contribution in [-0.4, -0.2) is 0 Å². The van der Waals surface area contributed by atoms with Gasteiger partial charge in [0, 0.05) is 16.9 Å². The minimum Gasteiger partial charge on any atom is -0.324 e. The van der Waals surface area contributed by atoms with Crippen molar-refractivity contribution in [3.63, 3.8) is 0 Å². The molecule has 2 N–H and O–H groups in total. The zero-order valence-corrected chi connectivity index (χ0v) is 10.8. The highest BCUT2D eigenvalue weighted by Gasteiger charge is 2.07. The summed E-state index contributed by atoms with van der Waals surface area (Å²) in [5.41, 5.74) is 8.56. The van der Waals surface area contributed by atoms with Gasteiger partial charge in [0.2, 0.25) is 0 Å². The summed E-state index contributed by atoms with van der Waals surface area (Å²) >= 11 is 3.45. The fourth-order valence-electron chi connectivity index (χ4n) is 1.56. The molecule has 0 saturated heterocycles. The van der Waals surface area contributed by atoms with Crippen molar-refractivity contribution in [2.24, 2.45) is 5.73 Å². The van der Waals surface area contributed by atoms with Gasteiger partial charge in [0.15, 0.2) is 0 Å². The molecule has 0 saturated carbocycles. The molecule has 0 aliphatic carbocycles. The molecule has 0 aliphatic heterocycles. The van der Waals surface area contributed by atoms with E-state index in [1.54, 1.807) is 0 Å². The zero-order valence-electron chi connectivity index (χ0n) is 9.18. The second-order valence-corrected chi connectivity index (χ2v) is 4.49.